The predicted molar refractivity (Wildman–Crippen MR) is 114 cm³/mol. The Balaban J connectivity index is 1.73. The summed E-state index contributed by atoms with van der Waals surface area (Å²) < 4.78 is 5.41. The minimum absolute atomic E-state index is 0.221. The number of hydrogen-bond donors (Lipinski definition) is 2. The van der Waals surface area contributed by atoms with Crippen molar-refractivity contribution in [1.29, 1.82) is 0 Å². The van der Waals surface area contributed by atoms with Gasteiger partial charge in [-0.2, -0.15) is 0 Å². The van der Waals surface area contributed by atoms with Crippen LogP contribution >= 0.6 is 0 Å². The van der Waals surface area contributed by atoms with Crippen LogP contribution in [0.25, 0.3) is 0 Å². The van der Waals surface area contributed by atoms with Gasteiger partial charge >= 0.3 is 6.09 Å². The number of rotatable bonds is 6. The number of amides is 1. The van der Waals surface area contributed by atoms with Crippen molar-refractivity contribution in [3.63, 3.8) is 0 Å². The van der Waals surface area contributed by atoms with Crippen LogP contribution in [0.5, 0.6) is 0 Å². The van der Waals surface area contributed by atoms with Gasteiger partial charge in [0.05, 0.1) is 6.04 Å². The number of aliphatic imine (C=N–C) groups is 1. The number of likely N-dealkylation sites (tertiary alicyclic amines) is 1. The van der Waals surface area contributed by atoms with E-state index in [0.29, 0.717) is 19.0 Å². The monoisotopic (exact) mass is 396 g/mol. The quantitative estimate of drug-likeness (QED) is 0.516. The third-order valence-corrected chi connectivity index (χ3v) is 4.95. The molecule has 1 unspecified atom stereocenters. The normalized spacial score (nSPS) is 21.2. The van der Waals surface area contributed by atoms with Gasteiger partial charge in [-0.15, -0.1) is 0 Å². The molecule has 1 atom stereocenters. The number of likely N-dealkylation sites (N-methyl/N-ethyl adjacent to an activating group) is 1. The van der Waals surface area contributed by atoms with E-state index >= 15 is 0 Å². The summed E-state index contributed by atoms with van der Waals surface area (Å²) >= 11 is 0. The Morgan fingerprint density at radius 3 is 2.43 bits per heavy atom. The molecule has 0 spiro atoms. The highest BCUT2D eigenvalue weighted by Gasteiger charge is 2.34. The topological polar surface area (TPSA) is 72.4 Å². The minimum atomic E-state index is -0.452. The molecule has 0 aromatic rings. The predicted octanol–water partition coefficient (Wildman–Crippen LogP) is 1.04. The first kappa shape index (κ1) is 22.7. The average molecular weight is 397 g/mol. The van der Waals surface area contributed by atoms with Gasteiger partial charge < -0.3 is 30.1 Å². The molecule has 0 saturated carbocycles. The van der Waals surface area contributed by atoms with Crippen molar-refractivity contribution in [2.75, 3.05) is 66.0 Å². The summed E-state index contributed by atoms with van der Waals surface area (Å²) in [4.78, 5) is 23.5. The maximum Gasteiger partial charge on any atom is 0.410 e. The summed E-state index contributed by atoms with van der Waals surface area (Å²) in [6, 6.07) is 0.221. The molecule has 0 radical (unpaired) electrons. The summed E-state index contributed by atoms with van der Waals surface area (Å²) in [5.74, 6) is 1.35. The lowest BCUT2D eigenvalue weighted by atomic mass is 10.1. The molecule has 2 saturated heterocycles. The SMILES string of the molecule is CCNC(=NCC(C)CN1CCN(C)CC1)NC1CN(C(=O)OC(C)(C)C)C1. The average Bonchev–Trinajstić information content (AvgIpc) is 2.55. The third-order valence-electron chi connectivity index (χ3n) is 4.95. The first-order valence-corrected chi connectivity index (χ1v) is 10.6. The van der Waals surface area contributed by atoms with E-state index in [9.17, 15) is 4.79 Å². The van der Waals surface area contributed by atoms with E-state index in [4.69, 9.17) is 9.73 Å². The van der Waals surface area contributed by atoms with E-state index in [0.717, 1.165) is 51.8 Å². The molecule has 0 aromatic heterocycles. The molecular weight excluding hydrogens is 356 g/mol. The summed E-state index contributed by atoms with van der Waals surface area (Å²) in [6.45, 7) is 18.6. The van der Waals surface area contributed by atoms with Gasteiger partial charge in [0, 0.05) is 58.9 Å². The second-order valence-electron chi connectivity index (χ2n) is 9.16. The molecule has 0 aromatic carbocycles. The van der Waals surface area contributed by atoms with Crippen LogP contribution < -0.4 is 10.6 Å². The lowest BCUT2D eigenvalue weighted by molar-refractivity contribution is 0.00700. The fraction of sp³-hybridized carbons (Fsp3) is 0.900. The van der Waals surface area contributed by atoms with Crippen molar-refractivity contribution in [3.05, 3.63) is 0 Å². The molecule has 8 heteroatoms. The molecule has 2 aliphatic rings. The maximum absolute atomic E-state index is 12.0. The van der Waals surface area contributed by atoms with E-state index in [1.807, 2.05) is 20.8 Å². The van der Waals surface area contributed by atoms with Gasteiger partial charge in [0.2, 0.25) is 0 Å². The molecule has 0 bridgehead atoms. The maximum atomic E-state index is 12.0. The fourth-order valence-corrected chi connectivity index (χ4v) is 3.33. The highest BCUT2D eigenvalue weighted by Crippen LogP contribution is 2.15. The molecule has 162 valence electrons. The molecular formula is C20H40N6O2. The van der Waals surface area contributed by atoms with Crippen LogP contribution in [0, 0.1) is 5.92 Å². The Labute approximate surface area is 170 Å². The Morgan fingerprint density at radius 2 is 1.86 bits per heavy atom. The molecule has 1 amide bonds. The fourth-order valence-electron chi connectivity index (χ4n) is 3.33. The van der Waals surface area contributed by atoms with Crippen LogP contribution in [0.1, 0.15) is 34.6 Å². The van der Waals surface area contributed by atoms with Crippen LogP contribution in [0.2, 0.25) is 0 Å². The summed E-state index contributed by atoms with van der Waals surface area (Å²) in [7, 11) is 2.18. The van der Waals surface area contributed by atoms with Gasteiger partial charge in [-0.1, -0.05) is 6.92 Å². The van der Waals surface area contributed by atoms with Crippen LogP contribution in [-0.4, -0.2) is 104 Å². The van der Waals surface area contributed by atoms with Crippen molar-refractivity contribution >= 4 is 12.1 Å². The van der Waals surface area contributed by atoms with Crippen molar-refractivity contribution in [3.8, 4) is 0 Å². The van der Waals surface area contributed by atoms with E-state index in [2.05, 4.69) is 41.3 Å². The van der Waals surface area contributed by atoms with Gasteiger partial charge in [0.15, 0.2) is 5.96 Å². The summed E-state index contributed by atoms with van der Waals surface area (Å²) in [5.41, 5.74) is -0.452. The largest absolute Gasteiger partial charge is 0.444 e. The number of carbonyl (C=O) groups excluding carboxylic acids is 1. The zero-order valence-corrected chi connectivity index (χ0v) is 18.6. The van der Waals surface area contributed by atoms with Gasteiger partial charge in [-0.3, -0.25) is 4.99 Å². The first-order valence-electron chi connectivity index (χ1n) is 10.6. The zero-order chi connectivity index (χ0) is 20.7. The molecule has 2 N–H and O–H groups in total. The number of hydrogen-bond acceptors (Lipinski definition) is 5. The van der Waals surface area contributed by atoms with E-state index in [1.54, 1.807) is 4.90 Å². The smallest absolute Gasteiger partial charge is 0.410 e. The van der Waals surface area contributed by atoms with Gasteiger partial charge in [-0.05, 0) is 40.7 Å². The Bertz CT molecular complexity index is 519. The zero-order valence-electron chi connectivity index (χ0n) is 18.6. The lowest BCUT2D eigenvalue weighted by Crippen LogP contribution is -2.63. The molecule has 0 aliphatic carbocycles. The van der Waals surface area contributed by atoms with E-state index < -0.39 is 5.60 Å². The number of ether oxygens (including phenoxy) is 1. The van der Waals surface area contributed by atoms with E-state index in [-0.39, 0.29) is 12.1 Å². The van der Waals surface area contributed by atoms with E-state index in [1.165, 1.54) is 0 Å². The van der Waals surface area contributed by atoms with Crippen molar-refractivity contribution in [2.24, 2.45) is 10.9 Å². The van der Waals surface area contributed by atoms with Gasteiger partial charge in [0.1, 0.15) is 5.60 Å². The number of nitrogens with zero attached hydrogens (tertiary/aromatic N) is 4. The van der Waals surface area contributed by atoms with Crippen molar-refractivity contribution < 1.29 is 9.53 Å². The Morgan fingerprint density at radius 1 is 1.21 bits per heavy atom. The molecule has 28 heavy (non-hydrogen) atoms. The second kappa shape index (κ2) is 10.3. The van der Waals surface area contributed by atoms with Crippen LogP contribution in [0.4, 0.5) is 4.79 Å². The van der Waals surface area contributed by atoms with Crippen LogP contribution in [0.15, 0.2) is 4.99 Å². The molecule has 2 aliphatic heterocycles. The summed E-state index contributed by atoms with van der Waals surface area (Å²) in [6.07, 6.45) is -0.242. The molecule has 8 nitrogen and oxygen atoms in total. The van der Waals surface area contributed by atoms with Gasteiger partial charge in [-0.25, -0.2) is 4.79 Å². The third kappa shape index (κ3) is 7.83. The molecule has 2 fully saturated rings. The Kier molecular flexibility index (Phi) is 8.37. The highest BCUT2D eigenvalue weighted by molar-refractivity contribution is 5.80. The number of guanidine groups is 1. The minimum Gasteiger partial charge on any atom is -0.444 e. The second-order valence-corrected chi connectivity index (χ2v) is 9.16. The van der Waals surface area contributed by atoms with Crippen LogP contribution in [0.3, 0.4) is 0 Å². The first-order chi connectivity index (χ1) is 13.2. The highest BCUT2D eigenvalue weighted by atomic mass is 16.6. The standard InChI is InChI=1S/C20H40N6O2/c1-7-21-18(22-12-16(2)13-25-10-8-24(6)9-11-25)23-17-14-26(15-17)19(27)28-20(3,4)5/h16-17H,7-15H2,1-6H3,(H2,21,22,23). The lowest BCUT2D eigenvalue weighted by Gasteiger charge is -2.40. The number of carbonyl (C=O) groups is 1. The van der Waals surface area contributed by atoms with Gasteiger partial charge in [0.25, 0.3) is 0 Å². The summed E-state index contributed by atoms with van der Waals surface area (Å²) in [5, 5.41) is 6.75. The van der Waals surface area contributed by atoms with Crippen LogP contribution in [-0.2, 0) is 4.74 Å². The number of piperazine rings is 1. The van der Waals surface area contributed by atoms with Crippen molar-refractivity contribution in [1.82, 2.24) is 25.3 Å². The molecule has 2 rings (SSSR count). The molecule has 2 heterocycles. The Hall–Kier alpha value is -1.54. The van der Waals surface area contributed by atoms with Crippen molar-refractivity contribution in [2.45, 2.75) is 46.3 Å². The number of nitrogens with one attached hydrogen (secondary N) is 2.